The number of hydrogen-bond donors (Lipinski definition) is 3. The number of likely N-dealkylation sites (N-methyl/N-ethyl adjacent to an activating group) is 1. The molecule has 188 valence electrons. The summed E-state index contributed by atoms with van der Waals surface area (Å²) in [6, 6.07) is 13.6. The summed E-state index contributed by atoms with van der Waals surface area (Å²) >= 11 is 1.55. The summed E-state index contributed by atoms with van der Waals surface area (Å²) in [5, 5.41) is 19.9. The van der Waals surface area contributed by atoms with E-state index in [9.17, 15) is 5.11 Å². The number of fused-ring (bicyclic) bond motifs is 1. The molecule has 1 aromatic carbocycles. The van der Waals surface area contributed by atoms with E-state index in [4.69, 9.17) is 14.7 Å². The number of rotatable bonds is 7. The lowest BCUT2D eigenvalue weighted by molar-refractivity contribution is 0.0740. The molecule has 0 spiro atoms. The van der Waals surface area contributed by atoms with Gasteiger partial charge in [-0.15, -0.1) is 11.3 Å². The molecule has 0 saturated carbocycles. The van der Waals surface area contributed by atoms with Crippen LogP contribution in [0.25, 0.3) is 10.2 Å². The lowest BCUT2D eigenvalue weighted by Gasteiger charge is -2.34. The van der Waals surface area contributed by atoms with Gasteiger partial charge in [-0.3, -0.25) is 0 Å². The standard InChI is InChI=1S/C26H31N7O2S/c1-26(2,34)21-6-5-7-22(28-21)29-23-18-10-15-36-24(18)31-25(30-23)27-17-8-9-19(20(16-17)35-4)33-13-11-32(3)12-14-33/h5-10,15-16,34H,11-14H2,1-4H3,(H2,27,28,29,30,31). The van der Waals surface area contributed by atoms with E-state index in [1.807, 2.05) is 35.7 Å². The molecule has 3 aromatic heterocycles. The Morgan fingerprint density at radius 1 is 1.00 bits per heavy atom. The Morgan fingerprint density at radius 3 is 2.56 bits per heavy atom. The van der Waals surface area contributed by atoms with E-state index in [2.05, 4.69) is 38.5 Å². The molecule has 0 bridgehead atoms. The fraction of sp³-hybridized carbons (Fsp3) is 0.346. The van der Waals surface area contributed by atoms with E-state index < -0.39 is 5.60 Å². The second-order valence-corrected chi connectivity index (χ2v) is 10.3. The molecule has 4 heterocycles. The van der Waals surface area contributed by atoms with Crippen LogP contribution in [0.5, 0.6) is 5.75 Å². The third-order valence-electron chi connectivity index (χ3n) is 6.23. The zero-order valence-electron chi connectivity index (χ0n) is 20.9. The van der Waals surface area contributed by atoms with Gasteiger partial charge in [0.05, 0.1) is 23.9 Å². The number of aromatic nitrogens is 3. The molecule has 36 heavy (non-hydrogen) atoms. The monoisotopic (exact) mass is 505 g/mol. The van der Waals surface area contributed by atoms with Crippen LogP contribution in [0, 0.1) is 0 Å². The first kappa shape index (κ1) is 24.2. The molecule has 1 aliphatic heterocycles. The average Bonchev–Trinajstić information content (AvgIpc) is 3.33. The van der Waals surface area contributed by atoms with Crippen LogP contribution in [0.2, 0.25) is 0 Å². The SMILES string of the molecule is COc1cc(Nc2nc(Nc3cccc(C(C)(C)O)n3)c3ccsc3n2)ccc1N1CCN(C)CC1. The summed E-state index contributed by atoms with van der Waals surface area (Å²) in [5.41, 5.74) is 1.47. The summed E-state index contributed by atoms with van der Waals surface area (Å²) < 4.78 is 5.73. The van der Waals surface area contributed by atoms with Gasteiger partial charge in [0.15, 0.2) is 0 Å². The van der Waals surface area contributed by atoms with Gasteiger partial charge in [-0.2, -0.15) is 4.98 Å². The number of nitrogens with one attached hydrogen (secondary N) is 2. The number of anilines is 5. The van der Waals surface area contributed by atoms with Gasteiger partial charge in [0, 0.05) is 37.9 Å². The van der Waals surface area contributed by atoms with Crippen LogP contribution in [0.1, 0.15) is 19.5 Å². The van der Waals surface area contributed by atoms with Crippen LogP contribution < -0.4 is 20.3 Å². The lowest BCUT2D eigenvalue weighted by atomic mass is 10.1. The highest BCUT2D eigenvalue weighted by Crippen LogP contribution is 2.34. The van der Waals surface area contributed by atoms with Gasteiger partial charge in [0.2, 0.25) is 5.95 Å². The molecule has 5 rings (SSSR count). The Balaban J connectivity index is 1.41. The van der Waals surface area contributed by atoms with Crippen molar-refractivity contribution in [3.05, 3.63) is 53.5 Å². The molecule has 1 aliphatic rings. The van der Waals surface area contributed by atoms with E-state index in [1.54, 1.807) is 38.4 Å². The zero-order valence-corrected chi connectivity index (χ0v) is 21.8. The van der Waals surface area contributed by atoms with Crippen molar-refractivity contribution in [2.45, 2.75) is 19.4 Å². The number of ether oxygens (including phenoxy) is 1. The topological polar surface area (TPSA) is 98.7 Å². The van der Waals surface area contributed by atoms with Crippen LogP contribution in [-0.4, -0.2) is 65.3 Å². The molecular weight excluding hydrogens is 474 g/mol. The maximum atomic E-state index is 10.3. The normalized spacial score (nSPS) is 14.8. The molecule has 0 amide bonds. The third-order valence-corrected chi connectivity index (χ3v) is 7.03. The van der Waals surface area contributed by atoms with E-state index in [-0.39, 0.29) is 0 Å². The highest BCUT2D eigenvalue weighted by molar-refractivity contribution is 7.16. The number of thiophene rings is 1. The van der Waals surface area contributed by atoms with Crippen LogP contribution in [0.15, 0.2) is 47.8 Å². The molecule has 0 radical (unpaired) electrons. The maximum absolute atomic E-state index is 10.3. The number of methoxy groups -OCH3 is 1. The van der Waals surface area contributed by atoms with Crippen molar-refractivity contribution in [2.75, 3.05) is 55.9 Å². The van der Waals surface area contributed by atoms with Gasteiger partial charge >= 0.3 is 0 Å². The predicted molar refractivity (Wildman–Crippen MR) is 146 cm³/mol. The molecule has 4 aromatic rings. The van der Waals surface area contributed by atoms with Crippen LogP contribution in [0.3, 0.4) is 0 Å². The quantitative estimate of drug-likeness (QED) is 0.334. The maximum Gasteiger partial charge on any atom is 0.230 e. The fourth-order valence-corrected chi connectivity index (χ4v) is 4.93. The number of piperazine rings is 1. The van der Waals surface area contributed by atoms with Gasteiger partial charge in [0.1, 0.15) is 27.8 Å². The Kier molecular flexibility index (Phi) is 6.65. The van der Waals surface area contributed by atoms with Crippen LogP contribution >= 0.6 is 11.3 Å². The largest absolute Gasteiger partial charge is 0.495 e. The first-order valence-corrected chi connectivity index (χ1v) is 12.8. The van der Waals surface area contributed by atoms with Crippen molar-refractivity contribution in [3.63, 3.8) is 0 Å². The molecule has 9 nitrogen and oxygen atoms in total. The lowest BCUT2D eigenvalue weighted by Crippen LogP contribution is -2.44. The van der Waals surface area contributed by atoms with Crippen molar-refractivity contribution >= 4 is 50.5 Å². The molecule has 1 fully saturated rings. The molecule has 10 heteroatoms. The van der Waals surface area contributed by atoms with Crippen molar-refractivity contribution in [2.24, 2.45) is 0 Å². The number of hydrogen-bond acceptors (Lipinski definition) is 10. The molecule has 3 N–H and O–H groups in total. The minimum absolute atomic E-state index is 0.473. The second-order valence-electron chi connectivity index (χ2n) is 9.43. The van der Waals surface area contributed by atoms with Crippen molar-refractivity contribution in [1.29, 1.82) is 0 Å². The van der Waals surface area contributed by atoms with E-state index >= 15 is 0 Å². The van der Waals surface area contributed by atoms with Gasteiger partial charge in [-0.1, -0.05) is 6.07 Å². The van der Waals surface area contributed by atoms with Gasteiger partial charge in [0.25, 0.3) is 0 Å². The van der Waals surface area contributed by atoms with Crippen molar-refractivity contribution in [1.82, 2.24) is 19.9 Å². The smallest absolute Gasteiger partial charge is 0.230 e. The summed E-state index contributed by atoms with van der Waals surface area (Å²) in [5.74, 6) is 2.53. The van der Waals surface area contributed by atoms with Crippen molar-refractivity contribution in [3.8, 4) is 5.75 Å². The van der Waals surface area contributed by atoms with Crippen LogP contribution in [-0.2, 0) is 5.60 Å². The minimum atomic E-state index is -1.04. The Hall–Kier alpha value is -3.47. The zero-order chi connectivity index (χ0) is 25.3. The van der Waals surface area contributed by atoms with Gasteiger partial charge < -0.3 is 30.3 Å². The summed E-state index contributed by atoms with van der Waals surface area (Å²) in [6.45, 7) is 7.42. The third kappa shape index (κ3) is 5.20. The minimum Gasteiger partial charge on any atom is -0.495 e. The molecule has 0 unspecified atom stereocenters. The first-order chi connectivity index (χ1) is 17.3. The van der Waals surface area contributed by atoms with Crippen molar-refractivity contribution < 1.29 is 9.84 Å². The van der Waals surface area contributed by atoms with E-state index in [1.165, 1.54) is 0 Å². The summed E-state index contributed by atoms with van der Waals surface area (Å²) in [4.78, 5) is 19.6. The summed E-state index contributed by atoms with van der Waals surface area (Å²) in [7, 11) is 3.85. The van der Waals surface area contributed by atoms with E-state index in [0.29, 0.717) is 23.3 Å². The molecule has 1 saturated heterocycles. The Labute approximate surface area is 214 Å². The number of aliphatic hydroxyl groups is 1. The molecule has 0 atom stereocenters. The van der Waals surface area contributed by atoms with Gasteiger partial charge in [-0.05, 0) is 56.6 Å². The van der Waals surface area contributed by atoms with Crippen LogP contribution in [0.4, 0.5) is 29.0 Å². The number of benzene rings is 1. The van der Waals surface area contributed by atoms with E-state index in [0.717, 1.165) is 53.5 Å². The summed E-state index contributed by atoms with van der Waals surface area (Å²) in [6.07, 6.45) is 0. The number of pyridine rings is 1. The first-order valence-electron chi connectivity index (χ1n) is 11.9. The highest BCUT2D eigenvalue weighted by Gasteiger charge is 2.20. The molecular formula is C26H31N7O2S. The predicted octanol–water partition coefficient (Wildman–Crippen LogP) is 4.56. The Bertz CT molecular complexity index is 1360. The van der Waals surface area contributed by atoms with Gasteiger partial charge in [-0.25, -0.2) is 9.97 Å². The molecule has 0 aliphatic carbocycles. The Morgan fingerprint density at radius 2 is 1.81 bits per heavy atom. The average molecular weight is 506 g/mol. The second kappa shape index (κ2) is 9.88. The number of nitrogens with zero attached hydrogens (tertiary/aromatic N) is 5. The fourth-order valence-electron chi connectivity index (χ4n) is 4.17. The highest BCUT2D eigenvalue weighted by atomic mass is 32.1.